The fourth-order valence-electron chi connectivity index (χ4n) is 2.18. The summed E-state index contributed by atoms with van der Waals surface area (Å²) in [5.74, 6) is 1.04. The van der Waals surface area contributed by atoms with Gasteiger partial charge in [0.05, 0.1) is 0 Å². The number of benzene rings is 2. The smallest absolute Gasteiger partial charge is 0.194 e. The second-order valence-electron chi connectivity index (χ2n) is 4.21. The molecule has 0 bridgehead atoms. The number of rotatable bonds is 0. The van der Waals surface area contributed by atoms with Crippen LogP contribution in [0.15, 0.2) is 47.4 Å². The van der Waals surface area contributed by atoms with E-state index in [0.717, 1.165) is 21.8 Å². The Labute approximate surface area is 106 Å². The molecular weight excluding hydrogens is 227 g/mol. The Morgan fingerprint density at radius 3 is 2.65 bits per heavy atom. The SMILES string of the molecule is Bc1cccc2c1CSc1ccccc1C2=O. The molecule has 0 spiro atoms. The van der Waals surface area contributed by atoms with Gasteiger partial charge in [-0.2, -0.15) is 0 Å². The topological polar surface area (TPSA) is 17.1 Å². The third kappa shape index (κ3) is 1.71. The molecule has 2 aromatic carbocycles. The molecule has 3 heteroatoms. The highest BCUT2D eigenvalue weighted by Crippen LogP contribution is 2.32. The summed E-state index contributed by atoms with van der Waals surface area (Å²) in [7, 11) is 2.07. The third-order valence-corrected chi connectivity index (χ3v) is 4.26. The lowest BCUT2D eigenvalue weighted by molar-refractivity contribution is 0.103. The normalized spacial score (nSPS) is 13.8. The van der Waals surface area contributed by atoms with Crippen molar-refractivity contribution < 1.29 is 4.79 Å². The van der Waals surface area contributed by atoms with E-state index >= 15 is 0 Å². The van der Waals surface area contributed by atoms with Crippen molar-refractivity contribution in [2.45, 2.75) is 10.6 Å². The summed E-state index contributed by atoms with van der Waals surface area (Å²) in [5, 5.41) is 0. The molecule has 0 unspecified atom stereocenters. The Hall–Kier alpha value is -1.48. The molecule has 0 atom stereocenters. The van der Waals surface area contributed by atoms with Crippen LogP contribution >= 0.6 is 11.8 Å². The van der Waals surface area contributed by atoms with Crippen molar-refractivity contribution in [1.82, 2.24) is 0 Å². The van der Waals surface area contributed by atoms with Gasteiger partial charge in [0.1, 0.15) is 7.85 Å². The second kappa shape index (κ2) is 4.08. The highest BCUT2D eigenvalue weighted by molar-refractivity contribution is 7.98. The first-order valence-corrected chi connectivity index (χ1v) is 6.61. The summed E-state index contributed by atoms with van der Waals surface area (Å²) in [4.78, 5) is 13.6. The van der Waals surface area contributed by atoms with Crippen LogP contribution in [0.2, 0.25) is 0 Å². The number of fused-ring (bicyclic) bond motifs is 2. The number of carbonyl (C=O) groups is 1. The van der Waals surface area contributed by atoms with E-state index in [9.17, 15) is 4.79 Å². The Morgan fingerprint density at radius 2 is 1.76 bits per heavy atom. The minimum absolute atomic E-state index is 0.157. The van der Waals surface area contributed by atoms with Crippen molar-refractivity contribution in [1.29, 1.82) is 0 Å². The van der Waals surface area contributed by atoms with Gasteiger partial charge in [-0.3, -0.25) is 4.79 Å². The molecule has 0 amide bonds. The first-order valence-electron chi connectivity index (χ1n) is 5.62. The predicted octanol–water partition coefficient (Wildman–Crippen LogP) is 1.78. The van der Waals surface area contributed by atoms with Crippen molar-refractivity contribution in [2.75, 3.05) is 0 Å². The first kappa shape index (κ1) is 10.7. The molecule has 82 valence electrons. The van der Waals surface area contributed by atoms with E-state index < -0.39 is 0 Å². The average Bonchev–Trinajstić information content (AvgIpc) is 2.50. The highest BCUT2D eigenvalue weighted by Gasteiger charge is 2.21. The van der Waals surface area contributed by atoms with Crippen LogP contribution in [-0.4, -0.2) is 13.6 Å². The minimum Gasteiger partial charge on any atom is -0.289 e. The van der Waals surface area contributed by atoms with Crippen LogP contribution in [0, 0.1) is 0 Å². The Bertz CT molecular complexity index is 607. The predicted molar refractivity (Wildman–Crippen MR) is 74.1 cm³/mol. The van der Waals surface area contributed by atoms with Crippen LogP contribution in [0.1, 0.15) is 21.5 Å². The molecule has 0 saturated carbocycles. The van der Waals surface area contributed by atoms with Gasteiger partial charge < -0.3 is 0 Å². The van der Waals surface area contributed by atoms with E-state index in [1.54, 1.807) is 11.8 Å². The Balaban J connectivity index is 2.24. The van der Waals surface area contributed by atoms with Crippen LogP contribution in [0.25, 0.3) is 0 Å². The highest BCUT2D eigenvalue weighted by atomic mass is 32.2. The molecule has 3 rings (SSSR count). The first-order chi connectivity index (χ1) is 8.27. The van der Waals surface area contributed by atoms with Gasteiger partial charge in [0, 0.05) is 21.8 Å². The van der Waals surface area contributed by atoms with Gasteiger partial charge in [-0.1, -0.05) is 35.8 Å². The zero-order valence-corrected chi connectivity index (χ0v) is 10.4. The summed E-state index contributed by atoms with van der Waals surface area (Å²) >= 11 is 1.75. The van der Waals surface area contributed by atoms with Crippen molar-refractivity contribution in [3.8, 4) is 0 Å². The summed E-state index contributed by atoms with van der Waals surface area (Å²) in [6, 6.07) is 13.8. The molecule has 1 heterocycles. The number of thioether (sulfide) groups is 1. The lowest BCUT2D eigenvalue weighted by Crippen LogP contribution is -2.14. The van der Waals surface area contributed by atoms with Crippen LogP contribution in [0.5, 0.6) is 0 Å². The van der Waals surface area contributed by atoms with E-state index in [1.807, 2.05) is 36.4 Å². The minimum atomic E-state index is 0.157. The Morgan fingerprint density at radius 1 is 1.00 bits per heavy atom. The zero-order chi connectivity index (χ0) is 11.8. The van der Waals surface area contributed by atoms with Crippen LogP contribution in [0.4, 0.5) is 0 Å². The van der Waals surface area contributed by atoms with Gasteiger partial charge >= 0.3 is 0 Å². The maximum Gasteiger partial charge on any atom is 0.194 e. The summed E-state index contributed by atoms with van der Waals surface area (Å²) in [6.07, 6.45) is 0. The maximum atomic E-state index is 12.5. The number of ketones is 1. The van der Waals surface area contributed by atoms with Gasteiger partial charge in [-0.25, -0.2) is 0 Å². The largest absolute Gasteiger partial charge is 0.289 e. The van der Waals surface area contributed by atoms with Gasteiger partial charge in [0.25, 0.3) is 0 Å². The molecule has 1 aliphatic rings. The van der Waals surface area contributed by atoms with E-state index in [2.05, 4.69) is 13.9 Å². The molecule has 0 saturated heterocycles. The quantitative estimate of drug-likeness (QED) is 0.651. The molecule has 0 aromatic heterocycles. The number of carbonyl (C=O) groups excluding carboxylic acids is 1. The standard InChI is InChI=1S/C14H11BOS/c15-12-6-3-5-9-11(12)8-17-13-7-2-1-4-10(13)14(9)16/h1-7H,8,15H2. The molecule has 0 fully saturated rings. The summed E-state index contributed by atoms with van der Waals surface area (Å²) in [6.45, 7) is 0. The molecule has 2 aromatic rings. The number of hydrogen-bond acceptors (Lipinski definition) is 2. The molecule has 1 aliphatic heterocycles. The summed E-state index contributed by atoms with van der Waals surface area (Å²) in [5.41, 5.74) is 4.08. The van der Waals surface area contributed by atoms with Gasteiger partial charge in [-0.05, 0) is 17.7 Å². The molecule has 0 radical (unpaired) electrons. The molecule has 0 aliphatic carbocycles. The van der Waals surface area contributed by atoms with E-state index in [4.69, 9.17) is 0 Å². The molecule has 0 N–H and O–H groups in total. The summed E-state index contributed by atoms with van der Waals surface area (Å²) < 4.78 is 0. The van der Waals surface area contributed by atoms with Crippen LogP contribution < -0.4 is 5.46 Å². The van der Waals surface area contributed by atoms with E-state index in [0.29, 0.717) is 0 Å². The van der Waals surface area contributed by atoms with Gasteiger partial charge in [0.15, 0.2) is 5.78 Å². The molecule has 17 heavy (non-hydrogen) atoms. The third-order valence-electron chi connectivity index (χ3n) is 3.16. The maximum absolute atomic E-state index is 12.5. The second-order valence-corrected chi connectivity index (χ2v) is 5.23. The zero-order valence-electron chi connectivity index (χ0n) is 9.57. The van der Waals surface area contributed by atoms with Gasteiger partial charge in [0.2, 0.25) is 0 Å². The lowest BCUT2D eigenvalue weighted by atomic mass is 9.86. The Kier molecular flexibility index (Phi) is 2.56. The van der Waals surface area contributed by atoms with Crippen molar-refractivity contribution in [3.63, 3.8) is 0 Å². The fraction of sp³-hybridized carbons (Fsp3) is 0.0714. The van der Waals surface area contributed by atoms with Crippen LogP contribution in [0.3, 0.4) is 0 Å². The van der Waals surface area contributed by atoms with Crippen molar-refractivity contribution >= 4 is 30.9 Å². The monoisotopic (exact) mass is 238 g/mol. The van der Waals surface area contributed by atoms with E-state index in [1.165, 1.54) is 11.0 Å². The van der Waals surface area contributed by atoms with E-state index in [-0.39, 0.29) is 5.78 Å². The average molecular weight is 238 g/mol. The number of hydrogen-bond donors (Lipinski definition) is 0. The van der Waals surface area contributed by atoms with Crippen molar-refractivity contribution in [2.24, 2.45) is 0 Å². The molecule has 1 nitrogen and oxygen atoms in total. The fourth-order valence-corrected chi connectivity index (χ4v) is 3.36. The van der Waals surface area contributed by atoms with Crippen LogP contribution in [-0.2, 0) is 5.75 Å². The lowest BCUT2D eigenvalue weighted by Gasteiger charge is -2.07. The van der Waals surface area contributed by atoms with Gasteiger partial charge in [-0.15, -0.1) is 11.8 Å². The molecular formula is C14H11BOS. The van der Waals surface area contributed by atoms with Crippen molar-refractivity contribution in [3.05, 3.63) is 59.2 Å².